The highest BCUT2D eigenvalue weighted by Gasteiger charge is 2.50. The fraction of sp³-hybridized carbons (Fsp3) is 0.588. The number of rotatable bonds is 19. The molecule has 2 heterocycles. The van der Waals surface area contributed by atoms with Crippen molar-refractivity contribution in [1.29, 1.82) is 0 Å². The lowest BCUT2D eigenvalue weighted by molar-refractivity contribution is -0.134. The van der Waals surface area contributed by atoms with Gasteiger partial charge in [0.1, 0.15) is 17.7 Å². The van der Waals surface area contributed by atoms with Crippen LogP contribution in [0.1, 0.15) is 77.1 Å². The molecule has 46 heavy (non-hydrogen) atoms. The van der Waals surface area contributed by atoms with Gasteiger partial charge in [0, 0.05) is 11.8 Å². The molecule has 1 saturated heterocycles. The van der Waals surface area contributed by atoms with Gasteiger partial charge in [0.05, 0.1) is 36.3 Å². The number of nitrogens with zero attached hydrogens (tertiary/aromatic N) is 1. The molecule has 12 heteroatoms. The second-order valence-electron chi connectivity index (χ2n) is 13.0. The molecule has 0 aliphatic carbocycles. The molecule has 4 N–H and O–H groups in total. The monoisotopic (exact) mass is 655 g/mol. The Balaban J connectivity index is 1.67. The number of carbonyl (C=O) groups is 5. The molecular weight excluding hydrogens is 606 g/mol. The van der Waals surface area contributed by atoms with E-state index in [0.29, 0.717) is 25.1 Å². The smallest absolute Gasteiger partial charge is 0.243 e. The van der Waals surface area contributed by atoms with E-state index in [1.165, 1.54) is 11.3 Å². The average Bonchev–Trinajstić information content (AvgIpc) is 3.60. The number of aromatic nitrogens is 1. The Morgan fingerprint density at radius 3 is 2.11 bits per heavy atom. The molecule has 1 aromatic carbocycles. The number of amides is 4. The summed E-state index contributed by atoms with van der Waals surface area (Å²) in [5.41, 5.74) is 0.564. The van der Waals surface area contributed by atoms with E-state index < -0.39 is 41.4 Å². The van der Waals surface area contributed by atoms with Crippen molar-refractivity contribution >= 4 is 40.7 Å². The molecule has 2 aromatic rings. The van der Waals surface area contributed by atoms with Gasteiger partial charge in [-0.05, 0) is 50.0 Å². The zero-order valence-electron chi connectivity index (χ0n) is 27.8. The van der Waals surface area contributed by atoms with Crippen LogP contribution in [0.3, 0.4) is 0 Å². The van der Waals surface area contributed by atoms with Crippen molar-refractivity contribution in [1.82, 2.24) is 26.3 Å². The summed E-state index contributed by atoms with van der Waals surface area (Å²) in [4.78, 5) is 70.3. The first kappa shape index (κ1) is 36.8. The number of thiazole rings is 1. The third kappa shape index (κ3) is 11.9. The van der Waals surface area contributed by atoms with Gasteiger partial charge in [0.2, 0.25) is 23.6 Å². The minimum absolute atomic E-state index is 0.0429. The van der Waals surface area contributed by atoms with E-state index in [0.717, 1.165) is 23.4 Å². The van der Waals surface area contributed by atoms with Crippen LogP contribution in [0, 0.1) is 11.8 Å². The van der Waals surface area contributed by atoms with Crippen molar-refractivity contribution < 1.29 is 28.7 Å². The zero-order chi connectivity index (χ0) is 33.9. The molecule has 4 amide bonds. The molecule has 0 bridgehead atoms. The highest BCUT2D eigenvalue weighted by Crippen LogP contribution is 2.29. The van der Waals surface area contributed by atoms with E-state index in [-0.39, 0.29) is 42.9 Å². The number of nitrogens with one attached hydrogen (secondary N) is 4. The van der Waals surface area contributed by atoms with E-state index in [1.807, 2.05) is 63.4 Å². The first-order chi connectivity index (χ1) is 21.8. The van der Waals surface area contributed by atoms with Crippen LogP contribution in [0.15, 0.2) is 35.7 Å². The summed E-state index contributed by atoms with van der Waals surface area (Å²) in [6.07, 6.45) is 2.81. The number of ether oxygens (including phenoxy) is 1. The summed E-state index contributed by atoms with van der Waals surface area (Å²) in [6.45, 7) is 11.6. The zero-order valence-corrected chi connectivity index (χ0v) is 28.6. The third-order valence-corrected chi connectivity index (χ3v) is 8.52. The number of aryl methyl sites for hydroxylation is 1. The molecule has 0 saturated carbocycles. The predicted molar refractivity (Wildman–Crippen MR) is 177 cm³/mol. The first-order valence-corrected chi connectivity index (χ1v) is 17.0. The number of hydrogen-bond donors (Lipinski definition) is 4. The molecule has 1 aliphatic rings. The molecule has 252 valence electrons. The van der Waals surface area contributed by atoms with Crippen LogP contribution in [0.25, 0.3) is 0 Å². The standard InChI is InChI=1S/C34H49N5O6S/c1-7-11-30-36-24(19-46-30)17-28(40)35-18-29(41)37-26(15-22(4)5)32(43)39-27(16-23-12-9-8-10-13-23)33(44)38-25(14-21(2)3)31(42)34(6)20-45-34/h8-10,12-13,19,21-22,25-27H,7,11,14-18,20H2,1-6H3,(H,35,40)(H,37,41)(H,38,44)(H,39,43). The lowest BCUT2D eigenvalue weighted by atomic mass is 9.93. The van der Waals surface area contributed by atoms with Crippen LogP contribution in [0.5, 0.6) is 0 Å². The van der Waals surface area contributed by atoms with Crippen LogP contribution in [-0.2, 0) is 48.0 Å². The molecule has 4 unspecified atom stereocenters. The van der Waals surface area contributed by atoms with E-state index in [4.69, 9.17) is 4.74 Å². The Labute approximate surface area is 276 Å². The fourth-order valence-corrected chi connectivity index (χ4v) is 5.94. The van der Waals surface area contributed by atoms with E-state index >= 15 is 0 Å². The summed E-state index contributed by atoms with van der Waals surface area (Å²) in [5.74, 6) is -1.91. The van der Waals surface area contributed by atoms with Gasteiger partial charge >= 0.3 is 0 Å². The normalized spacial score (nSPS) is 17.6. The van der Waals surface area contributed by atoms with Gasteiger partial charge in [-0.2, -0.15) is 0 Å². The van der Waals surface area contributed by atoms with Gasteiger partial charge in [-0.15, -0.1) is 11.3 Å². The predicted octanol–water partition coefficient (Wildman–Crippen LogP) is 2.90. The van der Waals surface area contributed by atoms with E-state index in [9.17, 15) is 24.0 Å². The molecule has 0 spiro atoms. The summed E-state index contributed by atoms with van der Waals surface area (Å²) in [6, 6.07) is 6.53. The van der Waals surface area contributed by atoms with Gasteiger partial charge in [-0.3, -0.25) is 24.0 Å². The van der Waals surface area contributed by atoms with Crippen LogP contribution in [0.4, 0.5) is 0 Å². The van der Waals surface area contributed by atoms with E-state index in [1.54, 1.807) is 6.92 Å². The Kier molecular flexibility index (Phi) is 13.9. The number of hydrogen-bond acceptors (Lipinski definition) is 8. The SMILES string of the molecule is CCCc1nc(CC(=O)NCC(=O)NC(CC(C)C)C(=O)NC(Cc2ccccc2)C(=O)NC(CC(C)C)C(=O)C2(C)CO2)cs1. The summed E-state index contributed by atoms with van der Waals surface area (Å²) in [7, 11) is 0. The van der Waals surface area contributed by atoms with Gasteiger partial charge < -0.3 is 26.0 Å². The molecule has 4 atom stereocenters. The van der Waals surface area contributed by atoms with Crippen molar-refractivity contribution in [3.8, 4) is 0 Å². The Morgan fingerprint density at radius 2 is 1.50 bits per heavy atom. The lowest BCUT2D eigenvalue weighted by Crippen LogP contribution is -2.58. The van der Waals surface area contributed by atoms with Gasteiger partial charge in [-0.25, -0.2) is 4.98 Å². The molecule has 11 nitrogen and oxygen atoms in total. The Morgan fingerprint density at radius 1 is 0.891 bits per heavy atom. The minimum atomic E-state index is -1.01. The lowest BCUT2D eigenvalue weighted by Gasteiger charge is -2.27. The number of benzene rings is 1. The molecule has 1 aromatic heterocycles. The van der Waals surface area contributed by atoms with Crippen molar-refractivity contribution in [2.45, 2.75) is 104 Å². The fourth-order valence-electron chi connectivity index (χ4n) is 5.04. The van der Waals surface area contributed by atoms with Crippen LogP contribution >= 0.6 is 11.3 Å². The highest BCUT2D eigenvalue weighted by molar-refractivity contribution is 7.09. The Bertz CT molecular complexity index is 1340. The molecule has 3 rings (SSSR count). The maximum absolute atomic E-state index is 13.7. The quantitative estimate of drug-likeness (QED) is 0.169. The first-order valence-electron chi connectivity index (χ1n) is 16.1. The summed E-state index contributed by atoms with van der Waals surface area (Å²) >= 11 is 1.51. The van der Waals surface area contributed by atoms with Crippen molar-refractivity contribution in [2.24, 2.45) is 11.8 Å². The second kappa shape index (κ2) is 17.3. The van der Waals surface area contributed by atoms with Gasteiger partial charge in [-0.1, -0.05) is 65.0 Å². The topological polar surface area (TPSA) is 159 Å². The molecular formula is C34H49N5O6S. The van der Waals surface area contributed by atoms with Gasteiger partial charge in [0.15, 0.2) is 5.78 Å². The second-order valence-corrected chi connectivity index (χ2v) is 14.0. The summed E-state index contributed by atoms with van der Waals surface area (Å²) in [5, 5.41) is 13.9. The van der Waals surface area contributed by atoms with E-state index in [2.05, 4.69) is 33.2 Å². The van der Waals surface area contributed by atoms with Crippen LogP contribution in [-0.4, -0.2) is 71.3 Å². The molecule has 0 radical (unpaired) electrons. The van der Waals surface area contributed by atoms with Crippen molar-refractivity contribution in [2.75, 3.05) is 13.2 Å². The maximum atomic E-state index is 13.7. The summed E-state index contributed by atoms with van der Waals surface area (Å²) < 4.78 is 5.36. The number of Topliss-reactive ketones (excluding diaryl/α,β-unsaturated/α-hetero) is 1. The van der Waals surface area contributed by atoms with Crippen LogP contribution in [0.2, 0.25) is 0 Å². The minimum Gasteiger partial charge on any atom is -0.361 e. The van der Waals surface area contributed by atoms with Crippen molar-refractivity contribution in [3.05, 3.63) is 52.0 Å². The maximum Gasteiger partial charge on any atom is 0.243 e. The highest BCUT2D eigenvalue weighted by atomic mass is 32.1. The molecule has 1 fully saturated rings. The number of epoxide rings is 1. The number of carbonyl (C=O) groups excluding carboxylic acids is 5. The third-order valence-electron chi connectivity index (χ3n) is 7.56. The van der Waals surface area contributed by atoms with Crippen LogP contribution < -0.4 is 21.3 Å². The average molecular weight is 656 g/mol. The number of ketones is 1. The van der Waals surface area contributed by atoms with Gasteiger partial charge in [0.25, 0.3) is 0 Å². The largest absolute Gasteiger partial charge is 0.361 e. The van der Waals surface area contributed by atoms with Crippen molar-refractivity contribution in [3.63, 3.8) is 0 Å². The Hall–Kier alpha value is -3.64. The molecule has 1 aliphatic heterocycles.